The molecule has 1 atom stereocenters. The fraction of sp³-hybridized carbons (Fsp3) is 0.176. The number of anilines is 1. The van der Waals surface area contributed by atoms with Crippen molar-refractivity contribution in [3.8, 4) is 0 Å². The molecule has 3 N–H and O–H groups in total. The quantitative estimate of drug-likeness (QED) is 0.768. The lowest BCUT2D eigenvalue weighted by molar-refractivity contribution is 0.0963. The minimum atomic E-state index is -0.993. The molecule has 0 saturated carbocycles. The third-order valence-electron chi connectivity index (χ3n) is 3.50. The van der Waals surface area contributed by atoms with Crippen LogP contribution in [-0.4, -0.2) is 19.0 Å². The second kappa shape index (κ2) is 7.94. The first kappa shape index (κ1) is 18.7. The van der Waals surface area contributed by atoms with Crippen LogP contribution in [0.3, 0.4) is 0 Å². The molecular formula is C17H16ClF2N3O2. The van der Waals surface area contributed by atoms with E-state index in [0.29, 0.717) is 11.1 Å². The minimum Gasteiger partial charge on any atom is -0.355 e. The van der Waals surface area contributed by atoms with E-state index in [9.17, 15) is 18.4 Å². The van der Waals surface area contributed by atoms with Crippen molar-refractivity contribution in [2.45, 2.75) is 13.0 Å². The van der Waals surface area contributed by atoms with E-state index in [2.05, 4.69) is 16.0 Å². The molecular weight excluding hydrogens is 352 g/mol. The average Bonchev–Trinajstić information content (AvgIpc) is 2.58. The van der Waals surface area contributed by atoms with Gasteiger partial charge in [0.05, 0.1) is 16.8 Å². The lowest BCUT2D eigenvalue weighted by atomic mass is 10.1. The van der Waals surface area contributed by atoms with Gasteiger partial charge in [-0.3, -0.25) is 4.79 Å². The molecule has 0 aliphatic heterocycles. The summed E-state index contributed by atoms with van der Waals surface area (Å²) in [5, 5.41) is 7.83. The topological polar surface area (TPSA) is 70.2 Å². The molecule has 8 heteroatoms. The summed E-state index contributed by atoms with van der Waals surface area (Å²) >= 11 is 6.01. The summed E-state index contributed by atoms with van der Waals surface area (Å²) in [5.41, 5.74) is 0.980. The predicted octanol–water partition coefficient (Wildman–Crippen LogP) is 3.86. The van der Waals surface area contributed by atoms with Crippen LogP contribution >= 0.6 is 11.6 Å². The zero-order valence-electron chi connectivity index (χ0n) is 13.5. The number of benzene rings is 2. The fourth-order valence-corrected chi connectivity index (χ4v) is 2.29. The van der Waals surface area contributed by atoms with Crippen molar-refractivity contribution in [2.24, 2.45) is 0 Å². The van der Waals surface area contributed by atoms with Gasteiger partial charge in [-0.2, -0.15) is 0 Å². The Hall–Kier alpha value is -2.67. The number of halogens is 3. The second-order valence-electron chi connectivity index (χ2n) is 5.27. The molecule has 3 amide bonds. The van der Waals surface area contributed by atoms with Gasteiger partial charge in [-0.1, -0.05) is 17.7 Å². The van der Waals surface area contributed by atoms with E-state index in [0.717, 1.165) is 12.1 Å². The first-order valence-electron chi connectivity index (χ1n) is 7.36. The van der Waals surface area contributed by atoms with Crippen molar-refractivity contribution in [3.63, 3.8) is 0 Å². The van der Waals surface area contributed by atoms with Gasteiger partial charge in [0.1, 0.15) is 0 Å². The molecule has 0 spiro atoms. The van der Waals surface area contributed by atoms with Crippen molar-refractivity contribution in [2.75, 3.05) is 12.4 Å². The maximum atomic E-state index is 13.3. The number of hydrogen-bond donors (Lipinski definition) is 3. The fourth-order valence-electron chi connectivity index (χ4n) is 2.13. The normalized spacial score (nSPS) is 11.6. The molecule has 0 aliphatic carbocycles. The molecule has 2 aromatic rings. The number of carbonyl (C=O) groups excluding carboxylic acids is 2. The van der Waals surface area contributed by atoms with Crippen molar-refractivity contribution in [3.05, 3.63) is 64.2 Å². The Bertz CT molecular complexity index is 814. The van der Waals surface area contributed by atoms with Gasteiger partial charge in [0.15, 0.2) is 11.6 Å². The molecule has 0 radical (unpaired) electrons. The first-order chi connectivity index (χ1) is 11.8. The number of nitrogens with one attached hydrogen (secondary N) is 3. The molecule has 2 aromatic carbocycles. The summed E-state index contributed by atoms with van der Waals surface area (Å²) in [4.78, 5) is 23.7. The molecule has 0 aromatic heterocycles. The monoisotopic (exact) mass is 367 g/mol. The maximum absolute atomic E-state index is 13.3. The zero-order chi connectivity index (χ0) is 18.6. The standard InChI is InChI=1S/C17H16ClF2N3O2/c1-9(10-4-6-13(19)14(20)7-10)22-17(25)23-15-8-11(16(24)21-2)3-5-12(15)18/h3-9H,1-2H3,(H,21,24)(H2,22,23,25)/t9-/m1/s1. The molecule has 5 nitrogen and oxygen atoms in total. The summed E-state index contributed by atoms with van der Waals surface area (Å²) in [6.45, 7) is 1.62. The molecule has 0 heterocycles. The Kier molecular flexibility index (Phi) is 5.93. The van der Waals surface area contributed by atoms with Gasteiger partial charge in [0, 0.05) is 12.6 Å². The summed E-state index contributed by atoms with van der Waals surface area (Å²) in [7, 11) is 1.49. The third-order valence-corrected chi connectivity index (χ3v) is 3.82. The van der Waals surface area contributed by atoms with E-state index in [1.54, 1.807) is 6.92 Å². The number of urea groups is 1. The van der Waals surface area contributed by atoms with Gasteiger partial charge in [-0.25, -0.2) is 13.6 Å². The van der Waals surface area contributed by atoms with Crippen LogP contribution in [-0.2, 0) is 0 Å². The van der Waals surface area contributed by atoms with Crippen LogP contribution in [0.25, 0.3) is 0 Å². The molecule has 2 rings (SSSR count). The van der Waals surface area contributed by atoms with E-state index in [-0.39, 0.29) is 16.6 Å². The highest BCUT2D eigenvalue weighted by Gasteiger charge is 2.14. The van der Waals surface area contributed by atoms with Crippen molar-refractivity contribution >= 4 is 29.2 Å². The van der Waals surface area contributed by atoms with E-state index in [4.69, 9.17) is 11.6 Å². The summed E-state index contributed by atoms with van der Waals surface area (Å²) in [5.74, 6) is -2.28. The maximum Gasteiger partial charge on any atom is 0.319 e. The summed E-state index contributed by atoms with van der Waals surface area (Å²) in [6, 6.07) is 6.65. The van der Waals surface area contributed by atoms with Gasteiger partial charge in [-0.05, 0) is 42.8 Å². The Morgan fingerprint density at radius 2 is 1.80 bits per heavy atom. The Morgan fingerprint density at radius 3 is 2.44 bits per heavy atom. The highest BCUT2D eigenvalue weighted by molar-refractivity contribution is 6.33. The Balaban J connectivity index is 2.09. The average molecular weight is 368 g/mol. The van der Waals surface area contributed by atoms with Crippen LogP contribution in [0.5, 0.6) is 0 Å². The highest BCUT2D eigenvalue weighted by atomic mass is 35.5. The molecule has 25 heavy (non-hydrogen) atoms. The summed E-state index contributed by atoms with van der Waals surface area (Å²) < 4.78 is 26.2. The largest absolute Gasteiger partial charge is 0.355 e. The van der Waals surface area contributed by atoms with Crippen LogP contribution in [0.1, 0.15) is 28.9 Å². The van der Waals surface area contributed by atoms with Crippen LogP contribution < -0.4 is 16.0 Å². The zero-order valence-corrected chi connectivity index (χ0v) is 14.2. The number of hydrogen-bond acceptors (Lipinski definition) is 2. The van der Waals surface area contributed by atoms with E-state index in [1.807, 2.05) is 0 Å². The van der Waals surface area contributed by atoms with Crippen molar-refractivity contribution in [1.82, 2.24) is 10.6 Å². The predicted molar refractivity (Wildman–Crippen MR) is 91.8 cm³/mol. The highest BCUT2D eigenvalue weighted by Crippen LogP contribution is 2.23. The van der Waals surface area contributed by atoms with Gasteiger partial charge in [0.2, 0.25) is 0 Å². The molecule has 0 fully saturated rings. The van der Waals surface area contributed by atoms with Gasteiger partial charge in [-0.15, -0.1) is 0 Å². The second-order valence-corrected chi connectivity index (χ2v) is 5.67. The Morgan fingerprint density at radius 1 is 1.08 bits per heavy atom. The number of carbonyl (C=O) groups is 2. The molecule has 0 aliphatic rings. The number of amides is 3. The van der Waals surface area contributed by atoms with Crippen LogP contribution in [0.4, 0.5) is 19.3 Å². The van der Waals surface area contributed by atoms with Crippen molar-refractivity contribution in [1.29, 1.82) is 0 Å². The van der Waals surface area contributed by atoms with E-state index in [1.165, 1.54) is 31.3 Å². The smallest absolute Gasteiger partial charge is 0.319 e. The number of rotatable bonds is 4. The van der Waals surface area contributed by atoms with Crippen LogP contribution in [0.2, 0.25) is 5.02 Å². The third kappa shape index (κ3) is 4.67. The van der Waals surface area contributed by atoms with E-state index < -0.39 is 23.7 Å². The van der Waals surface area contributed by atoms with Crippen LogP contribution in [0.15, 0.2) is 36.4 Å². The minimum absolute atomic E-state index is 0.248. The van der Waals surface area contributed by atoms with Gasteiger partial charge < -0.3 is 16.0 Å². The van der Waals surface area contributed by atoms with Crippen LogP contribution in [0, 0.1) is 11.6 Å². The van der Waals surface area contributed by atoms with Gasteiger partial charge >= 0.3 is 6.03 Å². The van der Waals surface area contributed by atoms with E-state index >= 15 is 0 Å². The first-order valence-corrected chi connectivity index (χ1v) is 7.73. The lowest BCUT2D eigenvalue weighted by Crippen LogP contribution is -2.31. The molecule has 0 bridgehead atoms. The molecule has 0 saturated heterocycles. The SMILES string of the molecule is CNC(=O)c1ccc(Cl)c(NC(=O)N[C@H](C)c2ccc(F)c(F)c2)c1. The lowest BCUT2D eigenvalue weighted by Gasteiger charge is -2.16. The molecule has 0 unspecified atom stereocenters. The molecule has 132 valence electrons. The summed E-state index contributed by atoms with van der Waals surface area (Å²) in [6.07, 6.45) is 0. The Labute approximate surface area is 148 Å². The van der Waals surface area contributed by atoms with Gasteiger partial charge in [0.25, 0.3) is 5.91 Å². The van der Waals surface area contributed by atoms with Crippen molar-refractivity contribution < 1.29 is 18.4 Å².